The van der Waals surface area contributed by atoms with E-state index in [-0.39, 0.29) is 0 Å². The molecule has 0 saturated heterocycles. The van der Waals surface area contributed by atoms with Gasteiger partial charge in [-0.15, -0.1) is 0 Å². The zero-order valence-corrected chi connectivity index (χ0v) is 19.5. The van der Waals surface area contributed by atoms with Gasteiger partial charge in [0.2, 0.25) is 17.4 Å². The van der Waals surface area contributed by atoms with E-state index < -0.39 is 0 Å². The number of ether oxygens (including phenoxy) is 4. The van der Waals surface area contributed by atoms with E-state index in [0.29, 0.717) is 39.9 Å². The number of methoxy groups -OCH3 is 4. The summed E-state index contributed by atoms with van der Waals surface area (Å²) in [7, 11) is 6.34. The van der Waals surface area contributed by atoms with E-state index >= 15 is 0 Å². The summed E-state index contributed by atoms with van der Waals surface area (Å²) in [5, 5.41) is 0.912. The molecule has 0 spiro atoms. The molecule has 3 heterocycles. The molecule has 0 aliphatic carbocycles. The molecule has 34 heavy (non-hydrogen) atoms. The minimum Gasteiger partial charge on any atom is -0.497 e. The molecule has 172 valence electrons. The van der Waals surface area contributed by atoms with E-state index in [1.54, 1.807) is 40.6 Å². The van der Waals surface area contributed by atoms with Crippen LogP contribution < -0.4 is 18.9 Å². The molecular formula is C26H23N3O5. The van der Waals surface area contributed by atoms with Crippen LogP contribution in [0.5, 0.6) is 23.0 Å². The van der Waals surface area contributed by atoms with Gasteiger partial charge in [-0.1, -0.05) is 0 Å². The summed E-state index contributed by atoms with van der Waals surface area (Å²) >= 11 is 0. The maximum absolute atomic E-state index is 6.06. The zero-order valence-electron chi connectivity index (χ0n) is 19.5. The Morgan fingerprint density at radius 1 is 0.676 bits per heavy atom. The third-order valence-electron chi connectivity index (χ3n) is 5.69. The van der Waals surface area contributed by atoms with Crippen LogP contribution in [0.2, 0.25) is 0 Å². The minimum atomic E-state index is 0.380. The first-order valence-corrected chi connectivity index (χ1v) is 10.6. The van der Waals surface area contributed by atoms with Gasteiger partial charge in [0.1, 0.15) is 11.3 Å². The molecule has 0 aliphatic heterocycles. The molecule has 0 amide bonds. The number of nitrogens with zero attached hydrogens (tertiary/aromatic N) is 3. The average Bonchev–Trinajstić information content (AvgIpc) is 3.31. The number of hydrogen-bond donors (Lipinski definition) is 0. The van der Waals surface area contributed by atoms with Gasteiger partial charge in [0.05, 0.1) is 39.8 Å². The van der Waals surface area contributed by atoms with Crippen LogP contribution in [0.3, 0.4) is 0 Å². The fourth-order valence-electron chi connectivity index (χ4n) is 3.94. The minimum absolute atomic E-state index is 0.380. The van der Waals surface area contributed by atoms with Crippen LogP contribution in [-0.4, -0.2) is 43.4 Å². The molecule has 3 aromatic heterocycles. The Balaban J connectivity index is 1.69. The van der Waals surface area contributed by atoms with Gasteiger partial charge in [0, 0.05) is 16.5 Å². The monoisotopic (exact) mass is 457 g/mol. The smallest absolute Gasteiger partial charge is 0.249 e. The van der Waals surface area contributed by atoms with Crippen LogP contribution in [0.15, 0.2) is 52.9 Å². The number of pyridine rings is 2. The molecule has 5 aromatic rings. The maximum atomic E-state index is 6.06. The summed E-state index contributed by atoms with van der Waals surface area (Å²) in [5.41, 5.74) is 4.98. The second-order valence-corrected chi connectivity index (χ2v) is 7.61. The van der Waals surface area contributed by atoms with Crippen molar-refractivity contribution in [1.29, 1.82) is 0 Å². The fraction of sp³-hybridized carbons (Fsp3) is 0.192. The molecule has 0 saturated carbocycles. The molecule has 0 fully saturated rings. The summed E-state index contributed by atoms with van der Waals surface area (Å²) in [6, 6.07) is 15.3. The van der Waals surface area contributed by atoms with Crippen molar-refractivity contribution in [3.63, 3.8) is 0 Å². The summed E-state index contributed by atoms with van der Waals surface area (Å²) in [6.07, 6.45) is 0. The SMILES string of the molecule is COc1ccc(-c2ccc3c(C)nc4oc(-c5cc(OC)c(OC)c(OC)c5)nc4c3n2)cc1. The van der Waals surface area contributed by atoms with Gasteiger partial charge < -0.3 is 23.4 Å². The average molecular weight is 457 g/mol. The third-order valence-corrected chi connectivity index (χ3v) is 5.69. The Morgan fingerprint density at radius 3 is 2.00 bits per heavy atom. The Hall–Kier alpha value is -4.33. The van der Waals surface area contributed by atoms with Crippen molar-refractivity contribution in [3.05, 3.63) is 54.2 Å². The lowest BCUT2D eigenvalue weighted by Gasteiger charge is -2.12. The van der Waals surface area contributed by atoms with E-state index in [0.717, 1.165) is 33.6 Å². The summed E-state index contributed by atoms with van der Waals surface area (Å²) in [5.74, 6) is 2.68. The van der Waals surface area contributed by atoms with E-state index in [4.69, 9.17) is 33.3 Å². The first-order chi connectivity index (χ1) is 16.6. The molecule has 0 bridgehead atoms. The van der Waals surface area contributed by atoms with Gasteiger partial charge in [-0.05, 0) is 55.5 Å². The molecular weight excluding hydrogens is 434 g/mol. The van der Waals surface area contributed by atoms with Gasteiger partial charge in [-0.25, -0.2) is 15.0 Å². The fourth-order valence-corrected chi connectivity index (χ4v) is 3.94. The standard InChI is InChI=1S/C26H23N3O5/c1-14-18-10-11-19(15-6-8-17(30-2)9-7-15)28-22(18)23-26(27-14)34-25(29-23)16-12-20(31-3)24(33-5)21(13-16)32-4/h6-13H,1-5H3. The lowest BCUT2D eigenvalue weighted by atomic mass is 10.1. The lowest BCUT2D eigenvalue weighted by Crippen LogP contribution is -1.95. The van der Waals surface area contributed by atoms with Crippen LogP contribution >= 0.6 is 0 Å². The molecule has 0 N–H and O–H groups in total. The van der Waals surface area contributed by atoms with Crippen LogP contribution in [0.1, 0.15) is 5.69 Å². The predicted octanol–water partition coefficient (Wildman–Crippen LogP) is 5.45. The molecule has 2 aromatic carbocycles. The van der Waals surface area contributed by atoms with Crippen molar-refractivity contribution >= 4 is 22.1 Å². The lowest BCUT2D eigenvalue weighted by molar-refractivity contribution is 0.324. The van der Waals surface area contributed by atoms with Crippen molar-refractivity contribution < 1.29 is 23.4 Å². The van der Waals surface area contributed by atoms with Crippen molar-refractivity contribution in [2.24, 2.45) is 0 Å². The van der Waals surface area contributed by atoms with E-state index in [9.17, 15) is 0 Å². The van der Waals surface area contributed by atoms with Crippen LogP contribution in [0, 0.1) is 6.92 Å². The molecule has 0 radical (unpaired) electrons. The number of benzene rings is 2. The maximum Gasteiger partial charge on any atom is 0.249 e. The number of aryl methyl sites for hydroxylation is 1. The first-order valence-electron chi connectivity index (χ1n) is 10.6. The van der Waals surface area contributed by atoms with Crippen molar-refractivity contribution in [1.82, 2.24) is 15.0 Å². The molecule has 5 rings (SSSR count). The Kier molecular flexibility index (Phi) is 5.41. The highest BCUT2D eigenvalue weighted by Crippen LogP contribution is 2.41. The number of fused-ring (bicyclic) bond motifs is 3. The van der Waals surface area contributed by atoms with Gasteiger partial charge in [0.15, 0.2) is 17.0 Å². The number of hydrogen-bond acceptors (Lipinski definition) is 8. The summed E-state index contributed by atoms with van der Waals surface area (Å²) < 4.78 is 27.7. The predicted molar refractivity (Wildman–Crippen MR) is 129 cm³/mol. The van der Waals surface area contributed by atoms with Gasteiger partial charge in [-0.2, -0.15) is 0 Å². The van der Waals surface area contributed by atoms with E-state index in [1.807, 2.05) is 43.3 Å². The molecule has 0 unspecified atom stereocenters. The van der Waals surface area contributed by atoms with Gasteiger partial charge >= 0.3 is 0 Å². The van der Waals surface area contributed by atoms with E-state index in [1.165, 1.54) is 0 Å². The summed E-state index contributed by atoms with van der Waals surface area (Å²) in [6.45, 7) is 1.93. The number of oxazole rings is 1. The van der Waals surface area contributed by atoms with Crippen LogP contribution in [0.4, 0.5) is 0 Å². The molecule has 8 heteroatoms. The normalized spacial score (nSPS) is 11.1. The quantitative estimate of drug-likeness (QED) is 0.333. The highest BCUT2D eigenvalue weighted by Gasteiger charge is 2.20. The van der Waals surface area contributed by atoms with Crippen molar-refractivity contribution in [2.45, 2.75) is 6.92 Å². The highest BCUT2D eigenvalue weighted by atomic mass is 16.5. The topological polar surface area (TPSA) is 88.7 Å². The van der Waals surface area contributed by atoms with Crippen LogP contribution in [0.25, 0.3) is 44.8 Å². The Labute approximate surface area is 196 Å². The van der Waals surface area contributed by atoms with Crippen molar-refractivity contribution in [3.8, 4) is 45.7 Å². The third kappa shape index (κ3) is 3.53. The van der Waals surface area contributed by atoms with Gasteiger partial charge in [-0.3, -0.25) is 0 Å². The molecule has 0 atom stereocenters. The van der Waals surface area contributed by atoms with E-state index in [2.05, 4.69) is 4.98 Å². The Morgan fingerprint density at radius 2 is 1.38 bits per heavy atom. The van der Waals surface area contributed by atoms with Crippen LogP contribution in [-0.2, 0) is 0 Å². The largest absolute Gasteiger partial charge is 0.497 e. The number of aromatic nitrogens is 3. The molecule has 8 nitrogen and oxygen atoms in total. The number of rotatable bonds is 6. The second-order valence-electron chi connectivity index (χ2n) is 7.61. The van der Waals surface area contributed by atoms with Crippen molar-refractivity contribution in [2.75, 3.05) is 28.4 Å². The molecule has 0 aliphatic rings. The highest BCUT2D eigenvalue weighted by molar-refractivity contribution is 6.01. The zero-order chi connectivity index (χ0) is 23.8. The van der Waals surface area contributed by atoms with Gasteiger partial charge in [0.25, 0.3) is 0 Å². The first kappa shape index (κ1) is 21.5. The Bertz CT molecular complexity index is 1480. The summed E-state index contributed by atoms with van der Waals surface area (Å²) in [4.78, 5) is 14.3. The second kappa shape index (κ2) is 8.55.